The lowest BCUT2D eigenvalue weighted by Gasteiger charge is -2.33. The first-order valence-electron chi connectivity index (χ1n) is 4.77. The third kappa shape index (κ3) is 1.65. The van der Waals surface area contributed by atoms with E-state index in [4.69, 9.17) is 0 Å². The van der Waals surface area contributed by atoms with Crippen molar-refractivity contribution >= 4 is 11.8 Å². The van der Waals surface area contributed by atoms with Gasteiger partial charge < -0.3 is 10.1 Å². The fourth-order valence-electron chi connectivity index (χ4n) is 2.10. The molecule has 5 heteroatoms. The van der Waals surface area contributed by atoms with Gasteiger partial charge in [0, 0.05) is 25.6 Å². The summed E-state index contributed by atoms with van der Waals surface area (Å²) in [5.74, 6) is 0.0186. The van der Waals surface area contributed by atoms with Gasteiger partial charge in [-0.3, -0.25) is 14.5 Å². The van der Waals surface area contributed by atoms with Crippen molar-refractivity contribution in [1.29, 1.82) is 0 Å². The molecule has 2 aliphatic heterocycles. The lowest BCUT2D eigenvalue weighted by Crippen LogP contribution is -2.57. The van der Waals surface area contributed by atoms with Crippen molar-refractivity contribution in [2.24, 2.45) is 0 Å². The number of hydrogen-bond donors (Lipinski definition) is 1. The fraction of sp³-hybridized carbons (Fsp3) is 0.778. The normalized spacial score (nSPS) is 32.8. The molecule has 2 saturated heterocycles. The Balaban J connectivity index is 1.97. The van der Waals surface area contributed by atoms with Gasteiger partial charge in [-0.15, -0.1) is 0 Å². The van der Waals surface area contributed by atoms with Gasteiger partial charge in [-0.25, -0.2) is 0 Å². The number of ketones is 1. The Bertz CT molecular complexity index is 267. The predicted molar refractivity (Wildman–Crippen MR) is 48.8 cm³/mol. The summed E-state index contributed by atoms with van der Waals surface area (Å²) < 4.78 is 4.65. The highest BCUT2D eigenvalue weighted by molar-refractivity contribution is 5.84. The van der Waals surface area contributed by atoms with Crippen LogP contribution in [0.3, 0.4) is 0 Å². The average Bonchev–Trinajstić information content (AvgIpc) is 2.55. The molecule has 0 bridgehead atoms. The van der Waals surface area contributed by atoms with Crippen molar-refractivity contribution in [3.8, 4) is 0 Å². The van der Waals surface area contributed by atoms with Crippen LogP contribution < -0.4 is 5.32 Å². The monoisotopic (exact) mass is 198 g/mol. The zero-order valence-electron chi connectivity index (χ0n) is 8.16. The Morgan fingerprint density at radius 2 is 2.43 bits per heavy atom. The maximum atomic E-state index is 11.2. The second kappa shape index (κ2) is 3.67. The summed E-state index contributed by atoms with van der Waals surface area (Å²) in [6, 6.07) is 0.00514. The molecule has 0 amide bonds. The summed E-state index contributed by atoms with van der Waals surface area (Å²) in [6.07, 6.45) is 0.612. The van der Waals surface area contributed by atoms with Gasteiger partial charge in [0.25, 0.3) is 0 Å². The van der Waals surface area contributed by atoms with Crippen molar-refractivity contribution < 1.29 is 14.3 Å². The molecule has 2 atom stereocenters. The van der Waals surface area contributed by atoms with Gasteiger partial charge in [0.2, 0.25) is 0 Å². The van der Waals surface area contributed by atoms with Gasteiger partial charge in [-0.1, -0.05) is 0 Å². The summed E-state index contributed by atoms with van der Waals surface area (Å²) in [5, 5.41) is 3.09. The number of rotatable bonds is 1. The molecule has 0 aliphatic carbocycles. The highest BCUT2D eigenvalue weighted by Crippen LogP contribution is 2.17. The number of piperazine rings is 1. The number of nitrogens with one attached hydrogen (secondary N) is 1. The van der Waals surface area contributed by atoms with Gasteiger partial charge in [0.1, 0.15) is 11.8 Å². The molecule has 0 aromatic rings. The molecule has 0 radical (unpaired) electrons. The molecule has 78 valence electrons. The van der Waals surface area contributed by atoms with Gasteiger partial charge >= 0.3 is 5.97 Å². The highest BCUT2D eigenvalue weighted by Gasteiger charge is 2.37. The Hall–Kier alpha value is -0.940. The lowest BCUT2D eigenvalue weighted by atomic mass is 10.1. The number of carbonyl (C=O) groups is 2. The molecule has 2 unspecified atom stereocenters. The summed E-state index contributed by atoms with van der Waals surface area (Å²) in [5.41, 5.74) is 0. The maximum absolute atomic E-state index is 11.2. The van der Waals surface area contributed by atoms with Crippen molar-refractivity contribution in [1.82, 2.24) is 10.2 Å². The number of hydrogen-bond acceptors (Lipinski definition) is 5. The number of carbonyl (C=O) groups excluding carboxylic acids is 2. The van der Waals surface area contributed by atoms with E-state index in [0.29, 0.717) is 26.1 Å². The zero-order valence-corrected chi connectivity index (χ0v) is 8.16. The molecule has 2 aliphatic rings. The van der Waals surface area contributed by atoms with Crippen molar-refractivity contribution in [2.45, 2.75) is 18.5 Å². The molecule has 0 aromatic carbocycles. The molecular formula is C9H14N2O3. The smallest absolute Gasteiger partial charge is 0.324 e. The van der Waals surface area contributed by atoms with Crippen LogP contribution in [0.25, 0.3) is 0 Å². The SMILES string of the molecule is COC(=O)C1CN2CC(=O)CC2CN1. The quantitative estimate of drug-likeness (QED) is 0.535. The van der Waals surface area contributed by atoms with Crippen LogP contribution in [0, 0.1) is 0 Å². The largest absolute Gasteiger partial charge is 0.468 e. The first kappa shape index (κ1) is 9.61. The number of esters is 1. The van der Waals surface area contributed by atoms with Crippen LogP contribution >= 0.6 is 0 Å². The number of ether oxygens (including phenoxy) is 1. The number of nitrogens with zero attached hydrogens (tertiary/aromatic N) is 1. The van der Waals surface area contributed by atoms with Crippen LogP contribution in [-0.2, 0) is 14.3 Å². The lowest BCUT2D eigenvalue weighted by molar-refractivity contribution is -0.144. The molecule has 0 saturated carbocycles. The predicted octanol–water partition coefficient (Wildman–Crippen LogP) is -1.23. The van der Waals surface area contributed by atoms with Crippen LogP contribution in [0.15, 0.2) is 0 Å². The molecule has 5 nitrogen and oxygen atoms in total. The van der Waals surface area contributed by atoms with E-state index >= 15 is 0 Å². The Kier molecular flexibility index (Phi) is 2.52. The van der Waals surface area contributed by atoms with Gasteiger partial charge in [0.15, 0.2) is 0 Å². The topological polar surface area (TPSA) is 58.6 Å². The highest BCUT2D eigenvalue weighted by atomic mass is 16.5. The van der Waals surface area contributed by atoms with Crippen molar-refractivity contribution in [2.75, 3.05) is 26.7 Å². The van der Waals surface area contributed by atoms with Crippen molar-refractivity contribution in [3.05, 3.63) is 0 Å². The van der Waals surface area contributed by atoms with E-state index < -0.39 is 0 Å². The minimum absolute atomic E-state index is 0.247. The van der Waals surface area contributed by atoms with Crippen LogP contribution in [0.4, 0.5) is 0 Å². The Labute approximate surface area is 82.4 Å². The fourth-order valence-corrected chi connectivity index (χ4v) is 2.10. The zero-order chi connectivity index (χ0) is 10.1. The third-order valence-corrected chi connectivity index (χ3v) is 2.86. The van der Waals surface area contributed by atoms with E-state index in [9.17, 15) is 9.59 Å². The van der Waals surface area contributed by atoms with Crippen LogP contribution in [0.5, 0.6) is 0 Å². The molecule has 1 N–H and O–H groups in total. The van der Waals surface area contributed by atoms with E-state index in [-0.39, 0.29) is 23.8 Å². The van der Waals surface area contributed by atoms with Gasteiger partial charge in [-0.05, 0) is 0 Å². The molecule has 0 spiro atoms. The van der Waals surface area contributed by atoms with Crippen LogP contribution in [-0.4, -0.2) is 55.5 Å². The van der Waals surface area contributed by atoms with Gasteiger partial charge in [-0.2, -0.15) is 0 Å². The third-order valence-electron chi connectivity index (χ3n) is 2.86. The molecule has 2 heterocycles. The van der Waals surface area contributed by atoms with E-state index in [1.165, 1.54) is 7.11 Å². The minimum Gasteiger partial charge on any atom is -0.468 e. The molecule has 0 aromatic heterocycles. The number of Topliss-reactive ketones (excluding diaryl/α,β-unsaturated/α-hetero) is 1. The van der Waals surface area contributed by atoms with Crippen LogP contribution in [0.2, 0.25) is 0 Å². The molecule has 2 fully saturated rings. The van der Waals surface area contributed by atoms with E-state index in [2.05, 4.69) is 15.0 Å². The summed E-state index contributed by atoms with van der Waals surface area (Å²) in [4.78, 5) is 24.5. The summed E-state index contributed by atoms with van der Waals surface area (Å²) in [7, 11) is 1.38. The Morgan fingerprint density at radius 1 is 1.64 bits per heavy atom. The maximum Gasteiger partial charge on any atom is 0.324 e. The van der Waals surface area contributed by atoms with E-state index in [1.807, 2.05) is 0 Å². The minimum atomic E-state index is -0.276. The second-order valence-electron chi connectivity index (χ2n) is 3.81. The second-order valence-corrected chi connectivity index (χ2v) is 3.81. The number of fused-ring (bicyclic) bond motifs is 1. The number of methoxy groups -OCH3 is 1. The standard InChI is InChI=1S/C9H14N2O3/c1-14-9(13)8-5-11-4-7(12)2-6(11)3-10-8/h6,8,10H,2-5H2,1H3. The molecular weight excluding hydrogens is 184 g/mol. The van der Waals surface area contributed by atoms with E-state index in [0.717, 1.165) is 0 Å². The first-order chi connectivity index (χ1) is 6.70. The van der Waals surface area contributed by atoms with Crippen LogP contribution in [0.1, 0.15) is 6.42 Å². The average molecular weight is 198 g/mol. The molecule has 14 heavy (non-hydrogen) atoms. The summed E-state index contributed by atoms with van der Waals surface area (Å²) in [6.45, 7) is 1.77. The first-order valence-corrected chi connectivity index (χ1v) is 4.77. The summed E-state index contributed by atoms with van der Waals surface area (Å²) >= 11 is 0. The Morgan fingerprint density at radius 3 is 3.14 bits per heavy atom. The van der Waals surface area contributed by atoms with Crippen molar-refractivity contribution in [3.63, 3.8) is 0 Å². The van der Waals surface area contributed by atoms with Gasteiger partial charge in [0.05, 0.1) is 13.7 Å². The molecule has 2 rings (SSSR count). The van der Waals surface area contributed by atoms with E-state index in [1.54, 1.807) is 0 Å².